The van der Waals surface area contributed by atoms with Gasteiger partial charge in [-0.05, 0) is 19.4 Å². The van der Waals surface area contributed by atoms with Crippen molar-refractivity contribution in [3.63, 3.8) is 0 Å². The summed E-state index contributed by atoms with van der Waals surface area (Å²) >= 11 is 0. The summed E-state index contributed by atoms with van der Waals surface area (Å²) in [5.74, 6) is 0.539. The maximum Gasteiger partial charge on any atom is 0.317 e. The van der Waals surface area contributed by atoms with E-state index >= 15 is 0 Å². The minimum Gasteiger partial charge on any atom is -0.481 e. The number of likely N-dealkylation sites (N-methyl/N-ethyl adjacent to an activating group) is 1. The van der Waals surface area contributed by atoms with E-state index in [2.05, 4.69) is 15.3 Å². The summed E-state index contributed by atoms with van der Waals surface area (Å²) < 4.78 is 10.2. The van der Waals surface area contributed by atoms with Gasteiger partial charge in [-0.2, -0.15) is 9.97 Å². The van der Waals surface area contributed by atoms with Gasteiger partial charge in [0.15, 0.2) is 0 Å². The number of nitrogens with one attached hydrogen (secondary N) is 1. The maximum absolute atomic E-state index is 10.8. The van der Waals surface area contributed by atoms with E-state index in [1.54, 1.807) is 6.07 Å². The average molecular weight is 310 g/mol. The fourth-order valence-electron chi connectivity index (χ4n) is 2.54. The van der Waals surface area contributed by atoms with Crippen molar-refractivity contribution in [2.75, 3.05) is 32.6 Å². The van der Waals surface area contributed by atoms with E-state index in [1.165, 1.54) is 14.2 Å². The fourth-order valence-corrected chi connectivity index (χ4v) is 2.54. The highest BCUT2D eigenvalue weighted by Crippen LogP contribution is 2.28. The Labute approximate surface area is 129 Å². The number of aromatic nitrogens is 2. The minimum absolute atomic E-state index is 0.0807. The molecule has 8 heteroatoms. The number of carboxylic acid groups (broad SMARTS) is 1. The van der Waals surface area contributed by atoms with Gasteiger partial charge in [0.2, 0.25) is 17.7 Å². The number of carbonyl (C=O) groups is 1. The number of aliphatic carboxylic acids is 1. The van der Waals surface area contributed by atoms with Crippen LogP contribution in [0.5, 0.6) is 11.8 Å². The SMILES string of the molecule is CCN(CC(=O)O)C1CC(Nc2nc(OC)cc(OC)n2)C1. The quantitative estimate of drug-likeness (QED) is 0.729. The smallest absolute Gasteiger partial charge is 0.317 e. The standard InChI is InChI=1S/C14H22N4O4/c1-4-18(8-13(19)20)10-5-9(6-10)15-14-16-11(21-2)7-12(17-14)22-3/h7,9-10H,4-6,8H2,1-3H3,(H,19,20)(H,15,16,17). The predicted molar refractivity (Wildman–Crippen MR) is 80.5 cm³/mol. The topological polar surface area (TPSA) is 96.8 Å². The summed E-state index contributed by atoms with van der Waals surface area (Å²) in [6, 6.07) is 2.12. The minimum atomic E-state index is -0.792. The van der Waals surface area contributed by atoms with Crippen molar-refractivity contribution in [1.82, 2.24) is 14.9 Å². The number of hydrogen-bond donors (Lipinski definition) is 2. The highest BCUT2D eigenvalue weighted by atomic mass is 16.5. The Morgan fingerprint density at radius 2 is 1.95 bits per heavy atom. The van der Waals surface area contributed by atoms with E-state index in [0.717, 1.165) is 19.4 Å². The van der Waals surface area contributed by atoms with Crippen LogP contribution in [0.15, 0.2) is 6.07 Å². The summed E-state index contributed by atoms with van der Waals surface area (Å²) in [6.45, 7) is 2.78. The van der Waals surface area contributed by atoms with Crippen LogP contribution < -0.4 is 14.8 Å². The first kappa shape index (κ1) is 16.3. The van der Waals surface area contributed by atoms with Crippen molar-refractivity contribution >= 4 is 11.9 Å². The van der Waals surface area contributed by atoms with Crippen LogP contribution in [0.1, 0.15) is 19.8 Å². The van der Waals surface area contributed by atoms with Gasteiger partial charge in [-0.1, -0.05) is 6.92 Å². The predicted octanol–water partition coefficient (Wildman–Crippen LogP) is 0.843. The summed E-state index contributed by atoms with van der Waals surface area (Å²) in [4.78, 5) is 21.2. The van der Waals surface area contributed by atoms with Crippen molar-refractivity contribution in [2.24, 2.45) is 0 Å². The van der Waals surface area contributed by atoms with Crippen LogP contribution in [0, 0.1) is 0 Å². The molecule has 0 amide bonds. The second kappa shape index (κ2) is 7.26. The molecular formula is C14H22N4O4. The highest BCUT2D eigenvalue weighted by molar-refractivity contribution is 5.69. The first-order valence-corrected chi connectivity index (χ1v) is 7.25. The molecule has 0 bridgehead atoms. The van der Waals surface area contributed by atoms with Gasteiger partial charge < -0.3 is 19.9 Å². The number of hydrogen-bond acceptors (Lipinski definition) is 7. The monoisotopic (exact) mass is 310 g/mol. The molecule has 22 heavy (non-hydrogen) atoms. The zero-order chi connectivity index (χ0) is 16.1. The van der Waals surface area contributed by atoms with E-state index in [1.807, 2.05) is 11.8 Å². The van der Waals surface area contributed by atoms with E-state index in [4.69, 9.17) is 14.6 Å². The molecule has 122 valence electrons. The van der Waals surface area contributed by atoms with Crippen LogP contribution in [0.3, 0.4) is 0 Å². The Hall–Kier alpha value is -2.09. The Kier molecular flexibility index (Phi) is 5.37. The molecule has 2 N–H and O–H groups in total. The molecule has 0 unspecified atom stereocenters. The number of methoxy groups -OCH3 is 2. The third-order valence-electron chi connectivity index (χ3n) is 3.80. The molecule has 1 aliphatic rings. The van der Waals surface area contributed by atoms with Gasteiger partial charge in [-0.3, -0.25) is 9.69 Å². The molecule has 1 aromatic rings. The number of anilines is 1. The van der Waals surface area contributed by atoms with Gasteiger partial charge in [-0.15, -0.1) is 0 Å². The summed E-state index contributed by atoms with van der Waals surface area (Å²) in [6.07, 6.45) is 1.73. The molecule has 0 spiro atoms. The van der Waals surface area contributed by atoms with Crippen LogP contribution in [0.4, 0.5) is 5.95 Å². The Balaban J connectivity index is 1.90. The van der Waals surface area contributed by atoms with Crippen molar-refractivity contribution < 1.29 is 19.4 Å². The molecule has 8 nitrogen and oxygen atoms in total. The summed E-state index contributed by atoms with van der Waals surface area (Å²) in [7, 11) is 3.08. The molecule has 1 fully saturated rings. The fraction of sp³-hybridized carbons (Fsp3) is 0.643. The van der Waals surface area contributed by atoms with Gasteiger partial charge in [0.05, 0.1) is 26.8 Å². The number of nitrogens with zero attached hydrogens (tertiary/aromatic N) is 3. The van der Waals surface area contributed by atoms with Crippen LogP contribution in [-0.4, -0.2) is 65.3 Å². The van der Waals surface area contributed by atoms with Gasteiger partial charge in [0.25, 0.3) is 0 Å². The second-order valence-electron chi connectivity index (χ2n) is 5.20. The lowest BCUT2D eigenvalue weighted by molar-refractivity contribution is -0.139. The summed E-state index contributed by atoms with van der Waals surface area (Å²) in [5.41, 5.74) is 0. The zero-order valence-electron chi connectivity index (χ0n) is 13.1. The molecule has 1 saturated carbocycles. The van der Waals surface area contributed by atoms with Crippen LogP contribution in [0.25, 0.3) is 0 Å². The normalized spacial score (nSPS) is 20.4. The molecule has 1 aromatic heterocycles. The maximum atomic E-state index is 10.8. The van der Waals surface area contributed by atoms with Crippen molar-refractivity contribution in [3.05, 3.63) is 6.07 Å². The highest BCUT2D eigenvalue weighted by Gasteiger charge is 2.34. The Morgan fingerprint density at radius 3 is 2.41 bits per heavy atom. The number of rotatable bonds is 8. The summed E-state index contributed by atoms with van der Waals surface area (Å²) in [5, 5.41) is 12.1. The van der Waals surface area contributed by atoms with E-state index < -0.39 is 5.97 Å². The van der Waals surface area contributed by atoms with Crippen molar-refractivity contribution in [3.8, 4) is 11.8 Å². The average Bonchev–Trinajstić information content (AvgIpc) is 2.47. The number of carboxylic acids is 1. The van der Waals surface area contributed by atoms with Gasteiger partial charge in [-0.25, -0.2) is 0 Å². The Morgan fingerprint density at radius 1 is 1.36 bits per heavy atom. The third kappa shape index (κ3) is 3.97. The van der Waals surface area contributed by atoms with Crippen LogP contribution in [0.2, 0.25) is 0 Å². The molecule has 1 heterocycles. The van der Waals surface area contributed by atoms with Crippen LogP contribution >= 0.6 is 0 Å². The molecule has 0 radical (unpaired) electrons. The lowest BCUT2D eigenvalue weighted by atomic mass is 9.85. The van der Waals surface area contributed by atoms with E-state index in [0.29, 0.717) is 17.7 Å². The van der Waals surface area contributed by atoms with Gasteiger partial charge >= 0.3 is 5.97 Å². The van der Waals surface area contributed by atoms with Gasteiger partial charge in [0, 0.05) is 12.1 Å². The van der Waals surface area contributed by atoms with Crippen molar-refractivity contribution in [1.29, 1.82) is 0 Å². The van der Waals surface area contributed by atoms with E-state index in [9.17, 15) is 4.79 Å². The first-order valence-electron chi connectivity index (χ1n) is 7.25. The molecular weight excluding hydrogens is 288 g/mol. The molecule has 1 aliphatic carbocycles. The first-order chi connectivity index (χ1) is 10.5. The van der Waals surface area contributed by atoms with E-state index in [-0.39, 0.29) is 18.6 Å². The molecule has 2 rings (SSSR count). The van der Waals surface area contributed by atoms with Crippen LogP contribution in [-0.2, 0) is 4.79 Å². The zero-order valence-corrected chi connectivity index (χ0v) is 13.1. The largest absolute Gasteiger partial charge is 0.481 e. The second-order valence-corrected chi connectivity index (χ2v) is 5.20. The Bertz CT molecular complexity index is 497. The van der Waals surface area contributed by atoms with Gasteiger partial charge in [0.1, 0.15) is 0 Å². The lowest BCUT2D eigenvalue weighted by Crippen LogP contribution is -2.51. The molecule has 0 aromatic carbocycles. The molecule has 0 aliphatic heterocycles. The molecule has 0 atom stereocenters. The number of ether oxygens (including phenoxy) is 2. The molecule has 0 saturated heterocycles. The lowest BCUT2D eigenvalue weighted by Gasteiger charge is -2.42. The van der Waals surface area contributed by atoms with Crippen molar-refractivity contribution in [2.45, 2.75) is 31.8 Å². The third-order valence-corrected chi connectivity index (χ3v) is 3.80.